The molecule has 0 radical (unpaired) electrons. The van der Waals surface area contributed by atoms with Gasteiger partial charge in [-0.3, -0.25) is 14.9 Å². The highest BCUT2D eigenvalue weighted by Gasteiger charge is 2.20. The van der Waals surface area contributed by atoms with Crippen molar-refractivity contribution in [2.75, 3.05) is 5.32 Å². The van der Waals surface area contributed by atoms with Gasteiger partial charge in [0.05, 0.1) is 15.5 Å². The van der Waals surface area contributed by atoms with Gasteiger partial charge in [-0.2, -0.15) is 0 Å². The molecule has 0 saturated carbocycles. The van der Waals surface area contributed by atoms with Crippen LogP contribution in [0.3, 0.4) is 0 Å². The van der Waals surface area contributed by atoms with Crippen molar-refractivity contribution < 1.29 is 14.1 Å². The van der Waals surface area contributed by atoms with Gasteiger partial charge >= 0.3 is 0 Å². The molecule has 0 heterocycles. The van der Waals surface area contributed by atoms with Gasteiger partial charge in [0.15, 0.2) is 0 Å². The Kier molecular flexibility index (Phi) is 4.00. The Balaban J connectivity index is 3.17. The second kappa shape index (κ2) is 5.09. The van der Waals surface area contributed by atoms with Crippen LogP contribution < -0.4 is 11.1 Å². The number of hydrogen-bond donors (Lipinski definition) is 2. The van der Waals surface area contributed by atoms with Gasteiger partial charge in [-0.15, -0.1) is 0 Å². The number of benzene rings is 1. The topological polar surface area (TPSA) is 98.3 Å². The SMILES string of the molecule is CC(Nc1cc(Br)c(F)cc1[N+](=O)[O-])C(N)=O. The second-order valence-corrected chi connectivity index (χ2v) is 4.16. The van der Waals surface area contributed by atoms with Crippen molar-refractivity contribution in [3.8, 4) is 0 Å². The zero-order valence-corrected chi connectivity index (χ0v) is 10.3. The van der Waals surface area contributed by atoms with E-state index in [1.165, 1.54) is 13.0 Å². The molecule has 1 unspecified atom stereocenters. The van der Waals surface area contributed by atoms with Crippen molar-refractivity contribution in [2.45, 2.75) is 13.0 Å². The van der Waals surface area contributed by atoms with E-state index in [4.69, 9.17) is 5.73 Å². The molecule has 1 aromatic rings. The van der Waals surface area contributed by atoms with Gasteiger partial charge in [-0.05, 0) is 28.9 Å². The molecule has 0 aromatic heterocycles. The van der Waals surface area contributed by atoms with Gasteiger partial charge in [0.2, 0.25) is 5.91 Å². The normalized spacial score (nSPS) is 11.9. The van der Waals surface area contributed by atoms with Gasteiger partial charge in [0.1, 0.15) is 17.5 Å². The van der Waals surface area contributed by atoms with Gasteiger partial charge in [-0.25, -0.2) is 4.39 Å². The maximum absolute atomic E-state index is 13.1. The number of nitrogens with two attached hydrogens (primary N) is 1. The Morgan fingerprint density at radius 1 is 1.65 bits per heavy atom. The first-order valence-electron chi connectivity index (χ1n) is 4.52. The van der Waals surface area contributed by atoms with Crippen molar-refractivity contribution >= 4 is 33.2 Å². The van der Waals surface area contributed by atoms with Crippen LogP contribution in [-0.4, -0.2) is 16.9 Å². The molecule has 1 amide bonds. The number of hydrogen-bond acceptors (Lipinski definition) is 4. The Labute approximate surface area is 104 Å². The molecular formula is C9H9BrFN3O3. The van der Waals surface area contributed by atoms with E-state index in [9.17, 15) is 19.3 Å². The average Bonchev–Trinajstić information content (AvgIpc) is 2.22. The molecule has 0 spiro atoms. The third-order valence-corrected chi connectivity index (χ3v) is 2.64. The number of rotatable bonds is 4. The van der Waals surface area contributed by atoms with E-state index in [0.29, 0.717) is 0 Å². The van der Waals surface area contributed by atoms with E-state index in [-0.39, 0.29) is 10.2 Å². The summed E-state index contributed by atoms with van der Waals surface area (Å²) in [5, 5.41) is 13.3. The van der Waals surface area contributed by atoms with Gasteiger partial charge in [0, 0.05) is 0 Å². The Morgan fingerprint density at radius 2 is 2.24 bits per heavy atom. The molecule has 0 aliphatic carbocycles. The fourth-order valence-corrected chi connectivity index (χ4v) is 1.45. The molecule has 1 aromatic carbocycles. The van der Waals surface area contributed by atoms with Gasteiger partial charge < -0.3 is 11.1 Å². The van der Waals surface area contributed by atoms with Crippen molar-refractivity contribution in [1.29, 1.82) is 0 Å². The summed E-state index contributed by atoms with van der Waals surface area (Å²) in [6.45, 7) is 1.45. The first-order valence-corrected chi connectivity index (χ1v) is 5.31. The van der Waals surface area contributed by atoms with Crippen LogP contribution in [0.4, 0.5) is 15.8 Å². The van der Waals surface area contributed by atoms with Crippen LogP contribution in [0.5, 0.6) is 0 Å². The predicted octanol–water partition coefficient (Wildman–Crippen LogP) is 1.78. The third kappa shape index (κ3) is 3.13. The quantitative estimate of drug-likeness (QED) is 0.654. The number of carbonyl (C=O) groups excluding carboxylic acids is 1. The lowest BCUT2D eigenvalue weighted by Crippen LogP contribution is -2.32. The second-order valence-electron chi connectivity index (χ2n) is 3.31. The summed E-state index contributed by atoms with van der Waals surface area (Å²) < 4.78 is 13.2. The minimum atomic E-state index is -0.800. The van der Waals surface area contributed by atoms with Crippen LogP contribution in [0.15, 0.2) is 16.6 Å². The zero-order chi connectivity index (χ0) is 13.2. The predicted molar refractivity (Wildman–Crippen MR) is 63.0 cm³/mol. The van der Waals surface area contributed by atoms with Crippen molar-refractivity contribution in [3.05, 3.63) is 32.5 Å². The molecule has 0 fully saturated rings. The highest BCUT2D eigenvalue weighted by Crippen LogP contribution is 2.30. The van der Waals surface area contributed by atoms with Crippen molar-refractivity contribution in [3.63, 3.8) is 0 Å². The molecule has 0 aliphatic rings. The Bertz CT molecular complexity index is 481. The maximum Gasteiger partial charge on any atom is 0.295 e. The number of halogens is 2. The molecule has 0 saturated heterocycles. The summed E-state index contributed by atoms with van der Waals surface area (Å²) in [7, 11) is 0. The van der Waals surface area contributed by atoms with Crippen LogP contribution in [0.25, 0.3) is 0 Å². The summed E-state index contributed by atoms with van der Waals surface area (Å²) in [5.74, 6) is -1.42. The van der Waals surface area contributed by atoms with E-state index in [1.807, 2.05) is 0 Å². The number of amides is 1. The van der Waals surface area contributed by atoms with Crippen LogP contribution in [0.1, 0.15) is 6.92 Å². The molecule has 92 valence electrons. The van der Waals surface area contributed by atoms with Crippen LogP contribution in [-0.2, 0) is 4.79 Å². The van der Waals surface area contributed by atoms with E-state index < -0.39 is 28.4 Å². The molecule has 1 rings (SSSR count). The van der Waals surface area contributed by atoms with Crippen molar-refractivity contribution in [1.82, 2.24) is 0 Å². The van der Waals surface area contributed by atoms with Crippen LogP contribution in [0.2, 0.25) is 0 Å². The van der Waals surface area contributed by atoms with Gasteiger partial charge in [0.25, 0.3) is 5.69 Å². The third-order valence-electron chi connectivity index (χ3n) is 2.03. The van der Waals surface area contributed by atoms with Crippen molar-refractivity contribution in [2.24, 2.45) is 5.73 Å². The largest absolute Gasteiger partial charge is 0.368 e. The number of anilines is 1. The first-order chi connectivity index (χ1) is 7.82. The van der Waals surface area contributed by atoms with Crippen LogP contribution >= 0.6 is 15.9 Å². The number of primary amides is 1. The first kappa shape index (κ1) is 13.4. The van der Waals surface area contributed by atoms with E-state index >= 15 is 0 Å². The fraction of sp³-hybridized carbons (Fsp3) is 0.222. The minimum absolute atomic E-state index is 0.0228. The zero-order valence-electron chi connectivity index (χ0n) is 8.74. The van der Waals surface area contributed by atoms with Gasteiger partial charge in [-0.1, -0.05) is 0 Å². The molecule has 0 aliphatic heterocycles. The molecule has 1 atom stereocenters. The standard InChI is InChI=1S/C9H9BrFN3O3/c1-4(9(12)15)13-7-2-5(10)6(11)3-8(7)14(16)17/h2-4,13H,1H3,(H2,12,15). The molecule has 17 heavy (non-hydrogen) atoms. The summed E-state index contributed by atoms with van der Waals surface area (Å²) >= 11 is 2.90. The Morgan fingerprint density at radius 3 is 2.71 bits per heavy atom. The number of carbonyl (C=O) groups is 1. The summed E-state index contributed by atoms with van der Waals surface area (Å²) in [5.41, 5.74) is 4.58. The number of nitrogens with zero attached hydrogens (tertiary/aromatic N) is 1. The number of nitrogens with one attached hydrogen (secondary N) is 1. The lowest BCUT2D eigenvalue weighted by Gasteiger charge is -2.12. The smallest absolute Gasteiger partial charge is 0.295 e. The highest BCUT2D eigenvalue weighted by atomic mass is 79.9. The fourth-order valence-electron chi connectivity index (χ4n) is 1.11. The number of nitro groups is 1. The molecule has 3 N–H and O–H groups in total. The lowest BCUT2D eigenvalue weighted by atomic mass is 10.2. The highest BCUT2D eigenvalue weighted by molar-refractivity contribution is 9.10. The van der Waals surface area contributed by atoms with E-state index in [1.54, 1.807) is 0 Å². The molecule has 8 heteroatoms. The van der Waals surface area contributed by atoms with E-state index in [2.05, 4.69) is 21.2 Å². The number of nitro benzene ring substituents is 1. The minimum Gasteiger partial charge on any atom is -0.368 e. The lowest BCUT2D eigenvalue weighted by molar-refractivity contribution is -0.384. The maximum atomic E-state index is 13.1. The van der Waals surface area contributed by atoms with E-state index in [0.717, 1.165) is 6.07 Å². The molecule has 6 nitrogen and oxygen atoms in total. The average molecular weight is 306 g/mol. The van der Waals surface area contributed by atoms with Crippen LogP contribution in [0, 0.1) is 15.9 Å². The summed E-state index contributed by atoms with van der Waals surface area (Å²) in [4.78, 5) is 20.8. The summed E-state index contributed by atoms with van der Waals surface area (Å²) in [6.07, 6.45) is 0. The summed E-state index contributed by atoms with van der Waals surface area (Å²) in [6, 6.07) is 1.15. The molecular weight excluding hydrogens is 297 g/mol. The monoisotopic (exact) mass is 305 g/mol. The Hall–Kier alpha value is -1.70. The molecule has 0 bridgehead atoms.